The summed E-state index contributed by atoms with van der Waals surface area (Å²) in [7, 11) is -3.27. The summed E-state index contributed by atoms with van der Waals surface area (Å²) in [6.45, 7) is 3.99. The fourth-order valence-corrected chi connectivity index (χ4v) is 4.13. The highest BCUT2D eigenvalue weighted by Crippen LogP contribution is 2.47. The van der Waals surface area contributed by atoms with E-state index in [9.17, 15) is 13.2 Å². The van der Waals surface area contributed by atoms with Gasteiger partial charge in [0.1, 0.15) is 5.60 Å². The molecule has 0 atom stereocenters. The number of hydrogen-bond donors (Lipinski definition) is 0. The zero-order valence-electron chi connectivity index (χ0n) is 15.2. The van der Waals surface area contributed by atoms with Gasteiger partial charge in [-0.2, -0.15) is 0 Å². The molecule has 0 saturated heterocycles. The Morgan fingerprint density at radius 1 is 0.885 bits per heavy atom. The lowest BCUT2D eigenvalue weighted by molar-refractivity contribution is -0.144. The van der Waals surface area contributed by atoms with Gasteiger partial charge in [-0.25, -0.2) is 13.2 Å². The lowest BCUT2D eigenvalue weighted by Crippen LogP contribution is -2.29. The summed E-state index contributed by atoms with van der Waals surface area (Å²) in [5.41, 5.74) is 2.31. The molecule has 26 heavy (non-hydrogen) atoms. The zero-order valence-corrected chi connectivity index (χ0v) is 16.0. The molecule has 4 nitrogen and oxygen atoms in total. The van der Waals surface area contributed by atoms with Crippen LogP contribution in [-0.4, -0.2) is 26.2 Å². The van der Waals surface area contributed by atoms with E-state index in [1.54, 1.807) is 24.3 Å². The number of rotatable bonds is 5. The lowest BCUT2D eigenvalue weighted by atomic mass is 9.81. The van der Waals surface area contributed by atoms with Crippen LogP contribution < -0.4 is 0 Å². The van der Waals surface area contributed by atoms with E-state index in [0.717, 1.165) is 16.7 Å². The number of sulfone groups is 1. The molecule has 0 fully saturated rings. The Labute approximate surface area is 154 Å². The van der Waals surface area contributed by atoms with Gasteiger partial charge in [0, 0.05) is 11.8 Å². The molecule has 0 N–H and O–H groups in total. The molecular weight excluding hydrogens is 348 g/mol. The van der Waals surface area contributed by atoms with E-state index in [4.69, 9.17) is 4.74 Å². The van der Waals surface area contributed by atoms with E-state index in [-0.39, 0.29) is 10.9 Å². The highest BCUT2D eigenvalue weighted by molar-refractivity contribution is 7.90. The van der Waals surface area contributed by atoms with Crippen LogP contribution in [0, 0.1) is 0 Å². The first-order valence-electron chi connectivity index (χ1n) is 8.66. The highest BCUT2D eigenvalue weighted by Gasteiger charge is 2.46. The summed E-state index contributed by atoms with van der Waals surface area (Å²) >= 11 is 0. The van der Waals surface area contributed by atoms with Crippen LogP contribution in [0.2, 0.25) is 0 Å². The summed E-state index contributed by atoms with van der Waals surface area (Å²) in [5.74, 6) is -0.331. The van der Waals surface area contributed by atoms with Gasteiger partial charge in [0.05, 0.1) is 10.5 Å². The third-order valence-corrected chi connectivity index (χ3v) is 6.10. The van der Waals surface area contributed by atoms with Crippen molar-refractivity contribution in [2.45, 2.75) is 37.2 Å². The van der Waals surface area contributed by atoms with Crippen LogP contribution in [0.5, 0.6) is 0 Å². The molecular formula is C21H22O4S. The van der Waals surface area contributed by atoms with E-state index in [1.165, 1.54) is 6.26 Å². The van der Waals surface area contributed by atoms with E-state index < -0.39 is 15.4 Å². The number of benzene rings is 2. The normalized spacial score (nSPS) is 16.7. The standard InChI is InChI=1S/C21H22O4S/c1-4-21(5-2)19(16-11-13-17(14-12-16)26(3,23)24)18(20(22)25-21)15-9-7-6-8-10-15/h6-14H,4-5H2,1-3H3. The summed E-state index contributed by atoms with van der Waals surface area (Å²) in [5, 5.41) is 0. The smallest absolute Gasteiger partial charge is 0.340 e. The molecule has 1 heterocycles. The zero-order chi connectivity index (χ0) is 18.9. The largest absolute Gasteiger partial charge is 0.451 e. The van der Waals surface area contributed by atoms with E-state index in [1.807, 2.05) is 44.2 Å². The van der Waals surface area contributed by atoms with E-state index in [0.29, 0.717) is 18.4 Å². The summed E-state index contributed by atoms with van der Waals surface area (Å²) in [6, 6.07) is 16.1. The molecule has 2 aromatic rings. The van der Waals surface area contributed by atoms with Crippen molar-refractivity contribution in [3.8, 4) is 0 Å². The minimum absolute atomic E-state index is 0.256. The Morgan fingerprint density at radius 3 is 1.96 bits per heavy atom. The molecule has 5 heteroatoms. The predicted molar refractivity (Wildman–Crippen MR) is 102 cm³/mol. The van der Waals surface area contributed by atoms with Crippen LogP contribution in [-0.2, 0) is 19.4 Å². The molecule has 0 saturated carbocycles. The van der Waals surface area contributed by atoms with E-state index in [2.05, 4.69) is 0 Å². The monoisotopic (exact) mass is 370 g/mol. The first-order valence-corrected chi connectivity index (χ1v) is 10.6. The molecule has 1 aliphatic rings. The van der Waals surface area contributed by atoms with Crippen molar-refractivity contribution in [3.05, 3.63) is 65.7 Å². The van der Waals surface area contributed by atoms with Crippen LogP contribution in [0.4, 0.5) is 0 Å². The topological polar surface area (TPSA) is 60.4 Å². The molecule has 0 spiro atoms. The van der Waals surface area contributed by atoms with Gasteiger partial charge in [-0.1, -0.05) is 56.3 Å². The number of carbonyl (C=O) groups excluding carboxylic acids is 1. The minimum Gasteiger partial charge on any atom is -0.451 e. The van der Waals surface area contributed by atoms with Gasteiger partial charge in [-0.05, 0) is 36.1 Å². The van der Waals surface area contributed by atoms with Crippen molar-refractivity contribution in [3.63, 3.8) is 0 Å². The van der Waals surface area contributed by atoms with Gasteiger partial charge in [0.15, 0.2) is 9.84 Å². The first-order chi connectivity index (χ1) is 12.3. The third kappa shape index (κ3) is 3.07. The maximum atomic E-state index is 12.7. The van der Waals surface area contributed by atoms with Gasteiger partial charge >= 0.3 is 5.97 Å². The quantitative estimate of drug-likeness (QED) is 0.743. The molecule has 0 bridgehead atoms. The predicted octanol–water partition coefficient (Wildman–Crippen LogP) is 4.12. The second-order valence-corrected chi connectivity index (χ2v) is 8.52. The maximum absolute atomic E-state index is 12.7. The molecule has 136 valence electrons. The number of carbonyl (C=O) groups is 1. The first kappa shape index (κ1) is 18.4. The van der Waals surface area contributed by atoms with Crippen molar-refractivity contribution in [1.29, 1.82) is 0 Å². The number of esters is 1. The molecule has 0 aromatic heterocycles. The Bertz CT molecular complexity index is 951. The SMILES string of the molecule is CCC1(CC)OC(=O)C(c2ccccc2)=C1c1ccc(S(C)(=O)=O)cc1. The molecule has 3 rings (SSSR count). The minimum atomic E-state index is -3.27. The van der Waals surface area contributed by atoms with Gasteiger partial charge in [0.25, 0.3) is 0 Å². The Kier molecular flexibility index (Phi) is 4.76. The number of hydrogen-bond acceptors (Lipinski definition) is 4. The molecule has 0 radical (unpaired) electrons. The second-order valence-electron chi connectivity index (χ2n) is 6.50. The Morgan fingerprint density at radius 2 is 1.46 bits per heavy atom. The average molecular weight is 370 g/mol. The third-order valence-electron chi connectivity index (χ3n) is 4.97. The van der Waals surface area contributed by atoms with Crippen LogP contribution in [0.15, 0.2) is 59.5 Å². The summed E-state index contributed by atoms with van der Waals surface area (Å²) in [4.78, 5) is 13.0. The molecule has 1 aliphatic heterocycles. The second kappa shape index (κ2) is 6.72. The fourth-order valence-electron chi connectivity index (χ4n) is 3.50. The highest BCUT2D eigenvalue weighted by atomic mass is 32.2. The van der Waals surface area contributed by atoms with Gasteiger partial charge in [-0.15, -0.1) is 0 Å². The Hall–Kier alpha value is -2.40. The van der Waals surface area contributed by atoms with Crippen molar-refractivity contribution in [2.75, 3.05) is 6.26 Å². The lowest BCUT2D eigenvalue weighted by Gasteiger charge is -2.29. The molecule has 0 amide bonds. The maximum Gasteiger partial charge on any atom is 0.340 e. The van der Waals surface area contributed by atoms with Crippen LogP contribution in [0.1, 0.15) is 37.8 Å². The fraction of sp³-hybridized carbons (Fsp3) is 0.286. The summed E-state index contributed by atoms with van der Waals surface area (Å²) < 4.78 is 29.4. The van der Waals surface area contributed by atoms with Crippen molar-refractivity contribution in [2.24, 2.45) is 0 Å². The van der Waals surface area contributed by atoms with Crippen LogP contribution in [0.25, 0.3) is 11.1 Å². The van der Waals surface area contributed by atoms with Gasteiger partial charge in [0.2, 0.25) is 0 Å². The molecule has 2 aromatic carbocycles. The van der Waals surface area contributed by atoms with Gasteiger partial charge < -0.3 is 4.74 Å². The number of ether oxygens (including phenoxy) is 1. The molecule has 0 unspecified atom stereocenters. The van der Waals surface area contributed by atoms with Crippen molar-refractivity contribution >= 4 is 27.0 Å². The summed E-state index contributed by atoms with van der Waals surface area (Å²) in [6.07, 6.45) is 2.48. The van der Waals surface area contributed by atoms with Crippen LogP contribution >= 0.6 is 0 Å². The molecule has 0 aliphatic carbocycles. The van der Waals surface area contributed by atoms with E-state index >= 15 is 0 Å². The van der Waals surface area contributed by atoms with Crippen molar-refractivity contribution < 1.29 is 17.9 Å². The average Bonchev–Trinajstić information content (AvgIpc) is 2.94. The van der Waals surface area contributed by atoms with Crippen LogP contribution in [0.3, 0.4) is 0 Å². The van der Waals surface area contributed by atoms with Crippen molar-refractivity contribution in [1.82, 2.24) is 0 Å². The van der Waals surface area contributed by atoms with Gasteiger partial charge in [-0.3, -0.25) is 0 Å². The Balaban J connectivity index is 2.25. The number of cyclic esters (lactones) is 1.